The van der Waals surface area contributed by atoms with Crippen molar-refractivity contribution in [1.29, 1.82) is 0 Å². The van der Waals surface area contributed by atoms with Gasteiger partial charge >= 0.3 is 0 Å². The summed E-state index contributed by atoms with van der Waals surface area (Å²) in [5.41, 5.74) is 0. The maximum Gasteiger partial charge on any atom is 0.00501 e. The van der Waals surface area contributed by atoms with E-state index < -0.39 is 0 Å². The molecule has 0 fully saturated rings. The number of allylic oxidation sites excluding steroid dienone is 1. The first-order valence-corrected chi connectivity index (χ1v) is 4.12. The number of hydrogen-bond acceptors (Lipinski definition) is 1. The molecule has 0 aromatic carbocycles. The first kappa shape index (κ1) is 5.70. The van der Waals surface area contributed by atoms with Crippen LogP contribution in [-0.4, -0.2) is 5.75 Å². The van der Waals surface area contributed by atoms with E-state index in [1.54, 1.807) is 0 Å². The molecule has 0 saturated carbocycles. The van der Waals surface area contributed by atoms with E-state index in [0.29, 0.717) is 0 Å². The minimum absolute atomic E-state index is 0.755. The van der Waals surface area contributed by atoms with Crippen LogP contribution >= 0.6 is 27.7 Å². The first-order chi connectivity index (χ1) is 3.30. The molecule has 7 heavy (non-hydrogen) atoms. The maximum absolute atomic E-state index is 3.44. The highest BCUT2D eigenvalue weighted by Gasteiger charge is 2.10. The number of rotatable bonds is 0. The van der Waals surface area contributed by atoms with Crippen LogP contribution in [0.2, 0.25) is 0 Å². The molecule has 0 aromatic heterocycles. The highest BCUT2D eigenvalue weighted by molar-refractivity contribution is 9.11. The van der Waals surface area contributed by atoms with E-state index >= 15 is 0 Å². The van der Waals surface area contributed by atoms with Crippen molar-refractivity contribution in [1.82, 2.24) is 0 Å². The molecule has 0 spiro atoms. The number of halogens is 1. The number of thioether (sulfide) groups is 1. The second-order valence-corrected chi connectivity index (χ2v) is 3.56. The van der Waals surface area contributed by atoms with Gasteiger partial charge in [0.05, 0.1) is 0 Å². The topological polar surface area (TPSA) is 0 Å². The van der Waals surface area contributed by atoms with E-state index in [2.05, 4.69) is 28.3 Å². The van der Waals surface area contributed by atoms with Crippen molar-refractivity contribution in [3.8, 4) is 0 Å². The molecule has 0 aliphatic carbocycles. The molecule has 0 bridgehead atoms. The summed E-state index contributed by atoms with van der Waals surface area (Å²) in [5.74, 6) is 2.01. The molecule has 0 radical (unpaired) electrons. The van der Waals surface area contributed by atoms with Gasteiger partial charge < -0.3 is 0 Å². The Kier molecular flexibility index (Phi) is 1.81. The highest BCUT2D eigenvalue weighted by atomic mass is 79.9. The van der Waals surface area contributed by atoms with Crippen LogP contribution in [0.1, 0.15) is 6.92 Å². The summed E-state index contributed by atoms with van der Waals surface area (Å²) in [4.78, 5) is 0. The molecule has 2 heteroatoms. The second kappa shape index (κ2) is 2.23. The molecule has 1 atom stereocenters. The average Bonchev–Trinajstić information content (AvgIpc) is 1.91. The van der Waals surface area contributed by atoms with Crippen molar-refractivity contribution < 1.29 is 0 Å². The largest absolute Gasteiger partial charge is 0.133 e. The molecule has 1 unspecified atom stereocenters. The highest BCUT2D eigenvalue weighted by Crippen LogP contribution is 2.31. The Hall–Kier alpha value is 0.570. The van der Waals surface area contributed by atoms with Gasteiger partial charge in [-0.15, -0.1) is 11.8 Å². The summed E-state index contributed by atoms with van der Waals surface area (Å²) >= 11 is 5.33. The van der Waals surface area contributed by atoms with Crippen LogP contribution in [0, 0.1) is 5.92 Å². The van der Waals surface area contributed by atoms with Gasteiger partial charge in [-0.2, -0.15) is 0 Å². The summed E-state index contributed by atoms with van der Waals surface area (Å²) in [6.45, 7) is 2.22. The Balaban J connectivity index is 2.54. The molecule has 1 aliphatic rings. The minimum atomic E-state index is 0.755. The Morgan fingerprint density at radius 1 is 2.00 bits per heavy atom. The third-order valence-corrected chi connectivity index (χ3v) is 3.44. The fraction of sp³-hybridized carbons (Fsp3) is 0.600. The van der Waals surface area contributed by atoms with Crippen LogP contribution in [0.5, 0.6) is 0 Å². The lowest BCUT2D eigenvalue weighted by Gasteiger charge is -1.95. The maximum atomic E-state index is 3.44. The Morgan fingerprint density at radius 2 is 2.71 bits per heavy atom. The van der Waals surface area contributed by atoms with Crippen LogP contribution < -0.4 is 0 Å². The van der Waals surface area contributed by atoms with Gasteiger partial charge in [-0.25, -0.2) is 0 Å². The Labute approximate surface area is 56.5 Å². The van der Waals surface area contributed by atoms with Crippen molar-refractivity contribution in [3.05, 3.63) is 9.89 Å². The first-order valence-electron chi connectivity index (χ1n) is 2.28. The summed E-state index contributed by atoms with van der Waals surface area (Å²) in [6.07, 6.45) is 0. The van der Waals surface area contributed by atoms with Gasteiger partial charge in [0.2, 0.25) is 0 Å². The zero-order chi connectivity index (χ0) is 5.28. The lowest BCUT2D eigenvalue weighted by Crippen LogP contribution is -1.88. The molecule has 0 aromatic rings. The molecule has 0 amide bonds. The van der Waals surface area contributed by atoms with E-state index in [1.807, 2.05) is 11.8 Å². The van der Waals surface area contributed by atoms with Gasteiger partial charge in [0.15, 0.2) is 0 Å². The van der Waals surface area contributed by atoms with Gasteiger partial charge in [-0.05, 0) is 11.3 Å². The van der Waals surface area contributed by atoms with Crippen molar-refractivity contribution in [2.24, 2.45) is 5.92 Å². The quantitative estimate of drug-likeness (QED) is 0.550. The van der Waals surface area contributed by atoms with Crippen LogP contribution in [0.25, 0.3) is 0 Å². The molecule has 0 N–H and O–H groups in total. The third kappa shape index (κ3) is 1.23. The average molecular weight is 179 g/mol. The van der Waals surface area contributed by atoms with Crippen molar-refractivity contribution in [3.63, 3.8) is 0 Å². The van der Waals surface area contributed by atoms with E-state index in [0.717, 1.165) is 5.92 Å². The Morgan fingerprint density at radius 3 is 2.86 bits per heavy atom. The fourth-order valence-corrected chi connectivity index (χ4v) is 2.20. The van der Waals surface area contributed by atoms with Crippen LogP contribution in [0.4, 0.5) is 0 Å². The van der Waals surface area contributed by atoms with Crippen LogP contribution in [0.15, 0.2) is 9.89 Å². The second-order valence-electron chi connectivity index (χ2n) is 1.74. The third-order valence-electron chi connectivity index (χ3n) is 1.01. The van der Waals surface area contributed by atoms with Crippen LogP contribution in [0.3, 0.4) is 0 Å². The predicted molar refractivity (Wildman–Crippen MR) is 38.6 cm³/mol. The van der Waals surface area contributed by atoms with Crippen molar-refractivity contribution in [2.45, 2.75) is 6.92 Å². The molecule has 0 nitrogen and oxygen atoms in total. The van der Waals surface area contributed by atoms with Gasteiger partial charge in [-0.1, -0.05) is 22.9 Å². The summed E-state index contributed by atoms with van der Waals surface area (Å²) in [5, 5.41) is 2.17. The molecule has 1 aliphatic heterocycles. The molecular formula is C5H7BrS. The van der Waals surface area contributed by atoms with E-state index in [4.69, 9.17) is 0 Å². The SMILES string of the molecule is CC1CSC=C1Br. The molecular weight excluding hydrogens is 172 g/mol. The fourth-order valence-electron chi connectivity index (χ4n) is 0.468. The van der Waals surface area contributed by atoms with Crippen molar-refractivity contribution >= 4 is 27.7 Å². The van der Waals surface area contributed by atoms with Crippen molar-refractivity contribution in [2.75, 3.05) is 5.75 Å². The van der Waals surface area contributed by atoms with E-state index in [9.17, 15) is 0 Å². The lowest BCUT2D eigenvalue weighted by molar-refractivity contribution is 0.850. The summed E-state index contributed by atoms with van der Waals surface area (Å²) in [6, 6.07) is 0. The van der Waals surface area contributed by atoms with Gasteiger partial charge in [-0.3, -0.25) is 0 Å². The standard InChI is InChI=1S/C5H7BrS/c1-4-2-7-3-5(4)6/h3-4H,2H2,1H3. The smallest absolute Gasteiger partial charge is 0.00501 e. The zero-order valence-corrected chi connectivity index (χ0v) is 6.55. The monoisotopic (exact) mass is 178 g/mol. The predicted octanol–water partition coefficient (Wildman–Crippen LogP) is 2.61. The van der Waals surface area contributed by atoms with Gasteiger partial charge in [0.25, 0.3) is 0 Å². The van der Waals surface area contributed by atoms with Crippen LogP contribution in [-0.2, 0) is 0 Å². The van der Waals surface area contributed by atoms with Gasteiger partial charge in [0.1, 0.15) is 0 Å². The minimum Gasteiger partial charge on any atom is -0.133 e. The molecule has 40 valence electrons. The summed E-state index contributed by atoms with van der Waals surface area (Å²) < 4.78 is 1.36. The van der Waals surface area contributed by atoms with E-state index in [-0.39, 0.29) is 0 Å². The summed E-state index contributed by atoms with van der Waals surface area (Å²) in [7, 11) is 0. The normalized spacial score (nSPS) is 30.6. The Bertz CT molecular complexity index is 98.3. The molecule has 1 heterocycles. The lowest BCUT2D eigenvalue weighted by atomic mass is 10.2. The zero-order valence-electron chi connectivity index (χ0n) is 4.15. The molecule has 0 saturated heterocycles. The van der Waals surface area contributed by atoms with Gasteiger partial charge in [0, 0.05) is 10.2 Å². The van der Waals surface area contributed by atoms with E-state index in [1.165, 1.54) is 10.2 Å². The number of hydrogen-bond donors (Lipinski definition) is 0. The molecule has 1 rings (SSSR count).